The molecule has 1 aromatic carbocycles. The summed E-state index contributed by atoms with van der Waals surface area (Å²) in [6.07, 6.45) is 1.72. The number of carbonyl (C=O) groups is 1. The van der Waals surface area contributed by atoms with Gasteiger partial charge in [-0.05, 0) is 37.3 Å². The number of benzene rings is 1. The Balaban J connectivity index is 1.92. The van der Waals surface area contributed by atoms with Crippen molar-refractivity contribution in [2.24, 2.45) is 0 Å². The predicted octanol–water partition coefficient (Wildman–Crippen LogP) is 4.19. The van der Waals surface area contributed by atoms with Crippen LogP contribution in [0.2, 0.25) is 0 Å². The lowest BCUT2D eigenvalue weighted by molar-refractivity contribution is 0.0648. The van der Waals surface area contributed by atoms with Gasteiger partial charge in [0.2, 0.25) is 0 Å². The van der Waals surface area contributed by atoms with Gasteiger partial charge in [-0.25, -0.2) is 0 Å². The second kappa shape index (κ2) is 7.80. The van der Waals surface area contributed by atoms with Gasteiger partial charge in [0.15, 0.2) is 5.76 Å². The highest BCUT2D eigenvalue weighted by Crippen LogP contribution is 2.29. The van der Waals surface area contributed by atoms with E-state index in [1.807, 2.05) is 43.3 Å². The van der Waals surface area contributed by atoms with Gasteiger partial charge in [-0.15, -0.1) is 0 Å². The number of nitrogens with zero attached hydrogens (tertiary/aromatic N) is 2. The number of aromatic nitrogens is 1. The minimum absolute atomic E-state index is 0.160. The van der Waals surface area contributed by atoms with E-state index in [0.29, 0.717) is 31.0 Å². The first-order valence-corrected chi connectivity index (χ1v) is 8.76. The zero-order valence-electron chi connectivity index (χ0n) is 14.2. The molecular formula is C19H19BrN2O3. The Labute approximate surface area is 154 Å². The maximum Gasteiger partial charge on any atom is 0.290 e. The average Bonchev–Trinajstić information content (AvgIpc) is 2.95. The lowest BCUT2D eigenvalue weighted by atomic mass is 10.1. The molecule has 0 bridgehead atoms. The summed E-state index contributed by atoms with van der Waals surface area (Å²) in [5.74, 6) is 0.202. The van der Waals surface area contributed by atoms with E-state index in [0.717, 1.165) is 21.1 Å². The molecule has 2 aromatic heterocycles. The molecule has 6 heteroatoms. The fraction of sp³-hybridized carbons (Fsp3) is 0.263. The van der Waals surface area contributed by atoms with Crippen LogP contribution in [0.4, 0.5) is 0 Å². The van der Waals surface area contributed by atoms with E-state index in [1.54, 1.807) is 18.2 Å². The van der Waals surface area contributed by atoms with E-state index >= 15 is 0 Å². The summed E-state index contributed by atoms with van der Waals surface area (Å²) in [6.45, 7) is 3.22. The topological polar surface area (TPSA) is 55.6 Å². The molecule has 0 spiro atoms. The van der Waals surface area contributed by atoms with E-state index in [2.05, 4.69) is 20.9 Å². The summed E-state index contributed by atoms with van der Waals surface area (Å²) < 4.78 is 11.9. The summed E-state index contributed by atoms with van der Waals surface area (Å²) in [4.78, 5) is 19.1. The molecule has 0 radical (unpaired) electrons. The van der Waals surface area contributed by atoms with Crippen molar-refractivity contribution in [3.8, 4) is 0 Å². The van der Waals surface area contributed by atoms with Crippen LogP contribution in [0, 0.1) is 6.92 Å². The van der Waals surface area contributed by atoms with Crippen LogP contribution in [0.3, 0.4) is 0 Å². The Hall–Kier alpha value is -2.18. The van der Waals surface area contributed by atoms with Crippen LogP contribution in [-0.2, 0) is 11.3 Å². The van der Waals surface area contributed by atoms with Crippen LogP contribution in [-0.4, -0.2) is 36.1 Å². The largest absolute Gasteiger partial charge is 0.451 e. The molecule has 3 rings (SSSR count). The lowest BCUT2D eigenvalue weighted by Crippen LogP contribution is -2.33. The monoisotopic (exact) mass is 402 g/mol. The minimum Gasteiger partial charge on any atom is -0.451 e. The molecule has 0 saturated carbocycles. The normalized spacial score (nSPS) is 11.0. The Kier molecular flexibility index (Phi) is 5.50. The minimum atomic E-state index is -0.160. The number of ether oxygens (including phenoxy) is 1. The van der Waals surface area contributed by atoms with Gasteiger partial charge < -0.3 is 14.1 Å². The molecule has 0 unspecified atom stereocenters. The Bertz CT molecular complexity index is 877. The summed E-state index contributed by atoms with van der Waals surface area (Å²) in [5.41, 5.74) is 2.36. The molecule has 0 aliphatic heterocycles. The second-order valence-corrected chi connectivity index (χ2v) is 6.65. The van der Waals surface area contributed by atoms with Crippen molar-refractivity contribution < 1.29 is 13.9 Å². The maximum atomic E-state index is 13.1. The first kappa shape index (κ1) is 17.6. The molecule has 0 saturated heterocycles. The molecule has 0 aliphatic carbocycles. The highest BCUT2D eigenvalue weighted by atomic mass is 79.9. The molecule has 0 aliphatic rings. The maximum absolute atomic E-state index is 13.1. The second-order valence-electron chi connectivity index (χ2n) is 5.74. The highest BCUT2D eigenvalue weighted by molar-refractivity contribution is 9.10. The molecule has 0 atom stereocenters. The van der Waals surface area contributed by atoms with Crippen LogP contribution in [0.25, 0.3) is 11.0 Å². The molecule has 1 amide bonds. The predicted molar refractivity (Wildman–Crippen MR) is 99.5 cm³/mol. The highest BCUT2D eigenvalue weighted by Gasteiger charge is 2.23. The first-order chi connectivity index (χ1) is 12.1. The number of pyridine rings is 1. The molecular weight excluding hydrogens is 384 g/mol. The number of hydrogen-bond acceptors (Lipinski definition) is 4. The smallest absolute Gasteiger partial charge is 0.290 e. The van der Waals surface area contributed by atoms with Gasteiger partial charge in [0.05, 0.1) is 18.8 Å². The van der Waals surface area contributed by atoms with Crippen molar-refractivity contribution in [3.63, 3.8) is 0 Å². The van der Waals surface area contributed by atoms with Crippen molar-refractivity contribution >= 4 is 32.8 Å². The Morgan fingerprint density at radius 2 is 2.16 bits per heavy atom. The third kappa shape index (κ3) is 3.91. The number of amides is 1. The van der Waals surface area contributed by atoms with E-state index in [9.17, 15) is 4.79 Å². The lowest BCUT2D eigenvalue weighted by Gasteiger charge is -2.21. The number of rotatable bonds is 6. The number of carbonyl (C=O) groups excluding carboxylic acids is 1. The summed E-state index contributed by atoms with van der Waals surface area (Å²) in [7, 11) is 1.62. The zero-order chi connectivity index (χ0) is 17.8. The summed E-state index contributed by atoms with van der Waals surface area (Å²) in [5, 5.41) is 0.933. The van der Waals surface area contributed by atoms with E-state index in [4.69, 9.17) is 9.15 Å². The van der Waals surface area contributed by atoms with Crippen molar-refractivity contribution in [2.75, 3.05) is 20.3 Å². The van der Waals surface area contributed by atoms with Gasteiger partial charge in [0.1, 0.15) is 5.58 Å². The fourth-order valence-electron chi connectivity index (χ4n) is 2.68. The van der Waals surface area contributed by atoms with Crippen LogP contribution >= 0.6 is 15.9 Å². The number of hydrogen-bond donors (Lipinski definition) is 0. The van der Waals surface area contributed by atoms with Gasteiger partial charge in [0, 0.05) is 35.3 Å². The fourth-order valence-corrected chi connectivity index (χ4v) is 3.04. The van der Waals surface area contributed by atoms with Gasteiger partial charge in [-0.2, -0.15) is 0 Å². The average molecular weight is 403 g/mol. The standard InChI is InChI=1S/C19H19BrN2O3/c1-13-16-11-14(20)6-7-17(16)25-18(13)19(23)22(9-10-24-2)12-15-5-3-4-8-21-15/h3-8,11H,9-10,12H2,1-2H3. The third-order valence-corrected chi connectivity index (χ3v) is 4.52. The molecule has 0 N–H and O–H groups in total. The molecule has 0 fully saturated rings. The van der Waals surface area contributed by atoms with Gasteiger partial charge in [-0.3, -0.25) is 9.78 Å². The van der Waals surface area contributed by atoms with Crippen LogP contribution in [0.1, 0.15) is 21.8 Å². The molecule has 5 nitrogen and oxygen atoms in total. The molecule has 2 heterocycles. The number of furan rings is 1. The summed E-state index contributed by atoms with van der Waals surface area (Å²) >= 11 is 3.46. The van der Waals surface area contributed by atoms with Crippen molar-refractivity contribution in [2.45, 2.75) is 13.5 Å². The van der Waals surface area contributed by atoms with E-state index < -0.39 is 0 Å². The van der Waals surface area contributed by atoms with Gasteiger partial charge in [-0.1, -0.05) is 22.0 Å². The molecule has 130 valence electrons. The van der Waals surface area contributed by atoms with Crippen molar-refractivity contribution in [1.82, 2.24) is 9.88 Å². The quantitative estimate of drug-likeness (QED) is 0.620. The molecule has 3 aromatic rings. The number of halogens is 1. The van der Waals surface area contributed by atoms with E-state index in [-0.39, 0.29) is 5.91 Å². The number of methoxy groups -OCH3 is 1. The van der Waals surface area contributed by atoms with Crippen molar-refractivity contribution in [1.29, 1.82) is 0 Å². The molecule has 25 heavy (non-hydrogen) atoms. The Morgan fingerprint density at radius 1 is 1.32 bits per heavy atom. The first-order valence-electron chi connectivity index (χ1n) is 7.97. The van der Waals surface area contributed by atoms with Crippen LogP contribution < -0.4 is 0 Å². The number of aryl methyl sites for hydroxylation is 1. The van der Waals surface area contributed by atoms with Gasteiger partial charge in [0.25, 0.3) is 5.91 Å². The zero-order valence-corrected chi connectivity index (χ0v) is 15.7. The van der Waals surface area contributed by atoms with E-state index in [1.165, 1.54) is 0 Å². The third-order valence-electron chi connectivity index (χ3n) is 4.02. The SMILES string of the molecule is COCCN(Cc1ccccn1)C(=O)c1oc2ccc(Br)cc2c1C. The van der Waals surface area contributed by atoms with Crippen LogP contribution in [0.15, 0.2) is 51.5 Å². The number of fused-ring (bicyclic) bond motifs is 1. The van der Waals surface area contributed by atoms with Crippen LogP contribution in [0.5, 0.6) is 0 Å². The summed E-state index contributed by atoms with van der Waals surface area (Å²) in [6, 6.07) is 11.4. The van der Waals surface area contributed by atoms with Crippen molar-refractivity contribution in [3.05, 3.63) is 64.1 Å². The Morgan fingerprint density at radius 3 is 2.88 bits per heavy atom. The van der Waals surface area contributed by atoms with Gasteiger partial charge >= 0.3 is 0 Å².